The first kappa shape index (κ1) is 15.8. The van der Waals surface area contributed by atoms with E-state index in [1.807, 2.05) is 11.8 Å². The van der Waals surface area contributed by atoms with Crippen molar-refractivity contribution in [2.24, 2.45) is 0 Å². The lowest BCUT2D eigenvalue weighted by molar-refractivity contribution is -0.100. The highest BCUT2D eigenvalue weighted by molar-refractivity contribution is 7.91. The standard InChI is InChI=1S/C14H20ClNO3S/c1-2-7-14(17)10-16(11-14)8-9-20(18,19)13-5-3-12(15)4-6-13/h3-6,17H,2,7-11H2,1H3. The van der Waals surface area contributed by atoms with Crippen molar-refractivity contribution < 1.29 is 13.5 Å². The number of β-amino-alcohol motifs (C(OH)–C–C–N with tert-alkyl or cyclic N) is 1. The molecule has 0 atom stereocenters. The molecule has 1 aliphatic rings. The lowest BCUT2D eigenvalue weighted by atomic mass is 9.89. The molecule has 6 heteroatoms. The molecular weight excluding hydrogens is 298 g/mol. The molecular formula is C14H20ClNO3S. The molecule has 1 aromatic carbocycles. The van der Waals surface area contributed by atoms with Crippen molar-refractivity contribution >= 4 is 21.4 Å². The Morgan fingerprint density at radius 3 is 2.45 bits per heavy atom. The van der Waals surface area contributed by atoms with Crippen molar-refractivity contribution in [3.63, 3.8) is 0 Å². The molecule has 0 amide bonds. The Hall–Kier alpha value is -0.620. The van der Waals surface area contributed by atoms with Gasteiger partial charge >= 0.3 is 0 Å². The van der Waals surface area contributed by atoms with E-state index in [9.17, 15) is 13.5 Å². The molecule has 2 rings (SSSR count). The highest BCUT2D eigenvalue weighted by Crippen LogP contribution is 2.25. The van der Waals surface area contributed by atoms with Gasteiger partial charge in [-0.1, -0.05) is 24.9 Å². The van der Waals surface area contributed by atoms with Crippen LogP contribution < -0.4 is 0 Å². The summed E-state index contributed by atoms with van der Waals surface area (Å²) in [7, 11) is -3.28. The van der Waals surface area contributed by atoms with Crippen molar-refractivity contribution in [2.45, 2.75) is 30.3 Å². The van der Waals surface area contributed by atoms with Crippen molar-refractivity contribution in [2.75, 3.05) is 25.4 Å². The van der Waals surface area contributed by atoms with E-state index in [0.29, 0.717) is 29.6 Å². The SMILES string of the molecule is CCCC1(O)CN(CCS(=O)(=O)c2ccc(Cl)cc2)C1. The first-order valence-corrected chi connectivity index (χ1v) is 8.81. The molecule has 0 aliphatic carbocycles. The first-order chi connectivity index (χ1) is 9.35. The van der Waals surface area contributed by atoms with Crippen molar-refractivity contribution in [1.82, 2.24) is 4.90 Å². The number of benzene rings is 1. The Bertz CT molecular complexity index is 550. The highest BCUT2D eigenvalue weighted by atomic mass is 35.5. The van der Waals surface area contributed by atoms with Crippen LogP contribution in [0.1, 0.15) is 19.8 Å². The van der Waals surface area contributed by atoms with Gasteiger partial charge in [0.1, 0.15) is 0 Å². The zero-order valence-corrected chi connectivity index (χ0v) is 13.1. The van der Waals surface area contributed by atoms with Gasteiger partial charge in [-0.2, -0.15) is 0 Å². The summed E-state index contributed by atoms with van der Waals surface area (Å²) in [6, 6.07) is 6.22. The zero-order valence-electron chi connectivity index (χ0n) is 11.5. The number of halogens is 1. The second kappa shape index (κ2) is 6.02. The minimum absolute atomic E-state index is 0.0663. The Labute approximate surface area is 125 Å². The van der Waals surface area contributed by atoms with Crippen LogP contribution in [-0.4, -0.2) is 49.4 Å². The molecule has 1 heterocycles. The monoisotopic (exact) mass is 317 g/mol. The Balaban J connectivity index is 1.87. The number of nitrogens with zero attached hydrogens (tertiary/aromatic N) is 1. The molecule has 0 unspecified atom stereocenters. The number of likely N-dealkylation sites (tertiary alicyclic amines) is 1. The average molecular weight is 318 g/mol. The molecule has 1 aliphatic heterocycles. The molecule has 1 aromatic rings. The fraction of sp³-hybridized carbons (Fsp3) is 0.571. The van der Waals surface area contributed by atoms with Gasteiger partial charge in [-0.15, -0.1) is 0 Å². The average Bonchev–Trinajstić information content (AvgIpc) is 2.35. The second-order valence-electron chi connectivity index (χ2n) is 5.46. The Morgan fingerprint density at radius 1 is 1.30 bits per heavy atom. The summed E-state index contributed by atoms with van der Waals surface area (Å²) < 4.78 is 24.3. The van der Waals surface area contributed by atoms with Gasteiger partial charge in [0.25, 0.3) is 0 Å². The zero-order chi connectivity index (χ0) is 14.8. The third kappa shape index (κ3) is 3.73. The number of sulfone groups is 1. The van der Waals surface area contributed by atoms with Gasteiger partial charge in [0.05, 0.1) is 16.2 Å². The van der Waals surface area contributed by atoms with Gasteiger partial charge in [0.2, 0.25) is 0 Å². The molecule has 112 valence electrons. The van der Waals surface area contributed by atoms with Crippen molar-refractivity contribution in [1.29, 1.82) is 0 Å². The lowest BCUT2D eigenvalue weighted by Gasteiger charge is -2.46. The van der Waals surface area contributed by atoms with E-state index < -0.39 is 15.4 Å². The van der Waals surface area contributed by atoms with Crippen LogP contribution in [0.3, 0.4) is 0 Å². The molecule has 0 spiro atoms. The summed E-state index contributed by atoms with van der Waals surface area (Å²) in [6.07, 6.45) is 1.71. The van der Waals surface area contributed by atoms with E-state index in [2.05, 4.69) is 0 Å². The highest BCUT2D eigenvalue weighted by Gasteiger charge is 2.40. The number of rotatable bonds is 6. The van der Waals surface area contributed by atoms with Crippen LogP contribution in [0.4, 0.5) is 0 Å². The van der Waals surface area contributed by atoms with Gasteiger partial charge in [-0.05, 0) is 30.7 Å². The minimum Gasteiger partial charge on any atom is -0.387 e. The predicted octanol–water partition coefficient (Wildman–Crippen LogP) is 1.96. The van der Waals surface area contributed by atoms with Gasteiger partial charge in [-0.25, -0.2) is 8.42 Å². The van der Waals surface area contributed by atoms with Crippen molar-refractivity contribution in [3.8, 4) is 0 Å². The van der Waals surface area contributed by atoms with E-state index in [0.717, 1.165) is 12.8 Å². The van der Waals surface area contributed by atoms with Gasteiger partial charge < -0.3 is 5.11 Å². The third-order valence-corrected chi connectivity index (χ3v) is 5.56. The normalized spacial score (nSPS) is 18.8. The number of hydrogen-bond donors (Lipinski definition) is 1. The van der Waals surface area contributed by atoms with E-state index in [4.69, 9.17) is 11.6 Å². The number of hydrogen-bond acceptors (Lipinski definition) is 4. The molecule has 0 aromatic heterocycles. The van der Waals surface area contributed by atoms with Gasteiger partial charge in [-0.3, -0.25) is 4.90 Å². The molecule has 0 radical (unpaired) electrons. The topological polar surface area (TPSA) is 57.6 Å². The molecule has 0 bridgehead atoms. The lowest BCUT2D eigenvalue weighted by Crippen LogP contribution is -2.62. The van der Waals surface area contributed by atoms with E-state index in [-0.39, 0.29) is 5.75 Å². The quantitative estimate of drug-likeness (QED) is 0.871. The van der Waals surface area contributed by atoms with Crippen molar-refractivity contribution in [3.05, 3.63) is 29.3 Å². The van der Waals surface area contributed by atoms with Crippen LogP contribution in [0.25, 0.3) is 0 Å². The maximum Gasteiger partial charge on any atom is 0.179 e. The summed E-state index contributed by atoms with van der Waals surface area (Å²) in [5.74, 6) is 0.0663. The third-order valence-electron chi connectivity index (χ3n) is 3.60. The fourth-order valence-corrected chi connectivity index (χ4v) is 3.99. The summed E-state index contributed by atoms with van der Waals surface area (Å²) in [5, 5.41) is 10.6. The maximum absolute atomic E-state index is 12.1. The molecule has 1 N–H and O–H groups in total. The van der Waals surface area contributed by atoms with Crippen LogP contribution in [-0.2, 0) is 9.84 Å². The molecule has 4 nitrogen and oxygen atoms in total. The molecule has 0 saturated carbocycles. The second-order valence-corrected chi connectivity index (χ2v) is 8.00. The predicted molar refractivity (Wildman–Crippen MR) is 79.8 cm³/mol. The van der Waals surface area contributed by atoms with Crippen LogP contribution in [0.15, 0.2) is 29.2 Å². The van der Waals surface area contributed by atoms with E-state index in [1.54, 1.807) is 12.1 Å². The molecule has 1 fully saturated rings. The van der Waals surface area contributed by atoms with E-state index in [1.165, 1.54) is 12.1 Å². The summed E-state index contributed by atoms with van der Waals surface area (Å²) in [5.41, 5.74) is -0.612. The summed E-state index contributed by atoms with van der Waals surface area (Å²) >= 11 is 5.75. The molecule has 20 heavy (non-hydrogen) atoms. The Kier molecular flexibility index (Phi) is 4.74. The van der Waals surface area contributed by atoms with Gasteiger partial charge in [0, 0.05) is 24.7 Å². The smallest absolute Gasteiger partial charge is 0.179 e. The minimum atomic E-state index is -3.28. The fourth-order valence-electron chi connectivity index (χ4n) is 2.58. The molecule has 1 saturated heterocycles. The Morgan fingerprint density at radius 2 is 1.90 bits per heavy atom. The van der Waals surface area contributed by atoms with Crippen LogP contribution in [0.5, 0.6) is 0 Å². The largest absolute Gasteiger partial charge is 0.387 e. The van der Waals surface area contributed by atoms with Crippen LogP contribution in [0.2, 0.25) is 5.02 Å². The van der Waals surface area contributed by atoms with Gasteiger partial charge in [0.15, 0.2) is 9.84 Å². The van der Waals surface area contributed by atoms with E-state index >= 15 is 0 Å². The maximum atomic E-state index is 12.1. The number of aliphatic hydroxyl groups is 1. The van der Waals surface area contributed by atoms with Crippen LogP contribution in [0, 0.1) is 0 Å². The first-order valence-electron chi connectivity index (χ1n) is 6.78. The van der Waals surface area contributed by atoms with Crippen LogP contribution >= 0.6 is 11.6 Å². The summed E-state index contributed by atoms with van der Waals surface area (Å²) in [6.45, 7) is 3.62. The summed E-state index contributed by atoms with van der Waals surface area (Å²) in [4.78, 5) is 2.27.